The fraction of sp³-hybridized carbons (Fsp3) is 0.455. The van der Waals surface area contributed by atoms with Crippen molar-refractivity contribution in [2.24, 2.45) is 0 Å². The first-order valence-electron chi connectivity index (χ1n) is 5.25. The van der Waals surface area contributed by atoms with Crippen LogP contribution in [0.25, 0.3) is 0 Å². The molecule has 0 saturated carbocycles. The first-order chi connectivity index (χ1) is 7.63. The van der Waals surface area contributed by atoms with Crippen molar-refractivity contribution in [3.8, 4) is 0 Å². The summed E-state index contributed by atoms with van der Waals surface area (Å²) < 4.78 is 13.6. The standard InChI is InChI=1S/C11H14BrFN2O/c12-8-4-11(10(14)5-9(8)13)15-3-1-2-7(15)6-16/h4-5,7,16H,1-3,6,14H2. The zero-order valence-electron chi connectivity index (χ0n) is 8.79. The van der Waals surface area contributed by atoms with Crippen LogP contribution in [0.5, 0.6) is 0 Å². The van der Waals surface area contributed by atoms with Gasteiger partial charge in [0.1, 0.15) is 5.82 Å². The van der Waals surface area contributed by atoms with Gasteiger partial charge in [-0.2, -0.15) is 0 Å². The number of nitrogens with zero attached hydrogens (tertiary/aromatic N) is 1. The number of halogens is 2. The second-order valence-electron chi connectivity index (χ2n) is 4.00. The van der Waals surface area contributed by atoms with Crippen LogP contribution in [0.3, 0.4) is 0 Å². The maximum atomic E-state index is 13.2. The number of nitrogens with two attached hydrogens (primary N) is 1. The fourth-order valence-electron chi connectivity index (χ4n) is 2.14. The molecule has 1 heterocycles. The average Bonchev–Trinajstić information content (AvgIpc) is 2.71. The largest absolute Gasteiger partial charge is 0.397 e. The van der Waals surface area contributed by atoms with Gasteiger partial charge in [-0.1, -0.05) is 0 Å². The highest BCUT2D eigenvalue weighted by Gasteiger charge is 2.25. The van der Waals surface area contributed by atoms with Crippen LogP contribution in [0, 0.1) is 5.82 Å². The Morgan fingerprint density at radius 1 is 1.56 bits per heavy atom. The van der Waals surface area contributed by atoms with Crippen LogP contribution in [0.1, 0.15) is 12.8 Å². The summed E-state index contributed by atoms with van der Waals surface area (Å²) in [4.78, 5) is 2.04. The summed E-state index contributed by atoms with van der Waals surface area (Å²) >= 11 is 3.15. The molecule has 2 rings (SSSR count). The Labute approximate surface area is 102 Å². The van der Waals surface area contributed by atoms with E-state index in [0.717, 1.165) is 25.1 Å². The molecule has 3 nitrogen and oxygen atoms in total. The van der Waals surface area contributed by atoms with E-state index in [2.05, 4.69) is 15.9 Å². The third kappa shape index (κ3) is 2.01. The highest BCUT2D eigenvalue weighted by Crippen LogP contribution is 2.34. The molecule has 0 spiro atoms. The average molecular weight is 289 g/mol. The van der Waals surface area contributed by atoms with Gasteiger partial charge in [-0.05, 0) is 34.8 Å². The predicted molar refractivity (Wildman–Crippen MR) is 66.0 cm³/mol. The lowest BCUT2D eigenvalue weighted by Gasteiger charge is -2.26. The first kappa shape index (κ1) is 11.7. The molecule has 0 radical (unpaired) electrons. The number of hydrogen-bond donors (Lipinski definition) is 2. The van der Waals surface area contributed by atoms with Gasteiger partial charge in [-0.25, -0.2) is 4.39 Å². The van der Waals surface area contributed by atoms with Gasteiger partial charge in [0.2, 0.25) is 0 Å². The molecular formula is C11H14BrFN2O. The van der Waals surface area contributed by atoms with Crippen molar-refractivity contribution in [2.75, 3.05) is 23.8 Å². The predicted octanol–water partition coefficient (Wildman–Crippen LogP) is 2.13. The Morgan fingerprint density at radius 3 is 3.00 bits per heavy atom. The molecule has 3 N–H and O–H groups in total. The van der Waals surface area contributed by atoms with E-state index in [0.29, 0.717) is 10.2 Å². The molecule has 1 atom stereocenters. The summed E-state index contributed by atoms with van der Waals surface area (Å²) in [6.45, 7) is 0.960. The lowest BCUT2D eigenvalue weighted by molar-refractivity contribution is 0.266. The van der Waals surface area contributed by atoms with Gasteiger partial charge < -0.3 is 15.7 Å². The maximum Gasteiger partial charge on any atom is 0.139 e. The molecule has 1 aromatic rings. The summed E-state index contributed by atoms with van der Waals surface area (Å²) in [5, 5.41) is 9.24. The molecule has 5 heteroatoms. The van der Waals surface area contributed by atoms with Crippen molar-refractivity contribution in [3.05, 3.63) is 22.4 Å². The van der Waals surface area contributed by atoms with Gasteiger partial charge in [0.25, 0.3) is 0 Å². The summed E-state index contributed by atoms with van der Waals surface area (Å²) in [5.74, 6) is -0.360. The minimum atomic E-state index is -0.360. The van der Waals surface area contributed by atoms with E-state index in [1.807, 2.05) is 4.90 Å². The maximum absolute atomic E-state index is 13.2. The number of rotatable bonds is 2. The van der Waals surface area contributed by atoms with E-state index in [4.69, 9.17) is 5.73 Å². The van der Waals surface area contributed by atoms with Crippen LogP contribution in [-0.2, 0) is 0 Å². The van der Waals surface area contributed by atoms with Crippen LogP contribution in [0.2, 0.25) is 0 Å². The molecule has 1 aromatic carbocycles. The van der Waals surface area contributed by atoms with Crippen LogP contribution in [0.4, 0.5) is 15.8 Å². The molecule has 1 aliphatic heterocycles. The highest BCUT2D eigenvalue weighted by atomic mass is 79.9. The summed E-state index contributed by atoms with van der Waals surface area (Å²) in [6, 6.07) is 3.09. The number of aliphatic hydroxyl groups is 1. The Kier molecular flexibility index (Phi) is 3.35. The number of hydrogen-bond acceptors (Lipinski definition) is 3. The second kappa shape index (κ2) is 4.59. The second-order valence-corrected chi connectivity index (χ2v) is 4.85. The van der Waals surface area contributed by atoms with E-state index >= 15 is 0 Å². The smallest absolute Gasteiger partial charge is 0.139 e. The van der Waals surface area contributed by atoms with Gasteiger partial charge >= 0.3 is 0 Å². The molecule has 0 aromatic heterocycles. The van der Waals surface area contributed by atoms with E-state index in [-0.39, 0.29) is 18.5 Å². The van der Waals surface area contributed by atoms with Gasteiger partial charge in [0.15, 0.2) is 0 Å². The van der Waals surface area contributed by atoms with Crippen molar-refractivity contribution in [1.29, 1.82) is 0 Å². The van der Waals surface area contributed by atoms with Crippen LogP contribution >= 0.6 is 15.9 Å². The number of aliphatic hydroxyl groups excluding tert-OH is 1. The Balaban J connectivity index is 2.36. The Hall–Kier alpha value is -0.810. The van der Waals surface area contributed by atoms with Crippen LogP contribution < -0.4 is 10.6 Å². The molecule has 1 saturated heterocycles. The molecule has 0 bridgehead atoms. The number of nitrogen functional groups attached to an aromatic ring is 1. The van der Waals surface area contributed by atoms with Crippen LogP contribution in [-0.4, -0.2) is 24.3 Å². The zero-order valence-corrected chi connectivity index (χ0v) is 10.4. The third-order valence-corrected chi connectivity index (χ3v) is 3.57. The van der Waals surface area contributed by atoms with Crippen molar-refractivity contribution in [3.63, 3.8) is 0 Å². The van der Waals surface area contributed by atoms with Crippen molar-refractivity contribution in [2.45, 2.75) is 18.9 Å². The zero-order chi connectivity index (χ0) is 11.7. The molecule has 16 heavy (non-hydrogen) atoms. The quantitative estimate of drug-likeness (QED) is 0.820. The first-order valence-corrected chi connectivity index (χ1v) is 6.05. The molecular weight excluding hydrogens is 275 g/mol. The lowest BCUT2D eigenvalue weighted by atomic mass is 10.2. The van der Waals surface area contributed by atoms with E-state index in [9.17, 15) is 9.50 Å². The summed E-state index contributed by atoms with van der Waals surface area (Å²) in [6.07, 6.45) is 1.98. The molecule has 0 amide bonds. The Morgan fingerprint density at radius 2 is 2.31 bits per heavy atom. The summed E-state index contributed by atoms with van der Waals surface area (Å²) in [5.41, 5.74) is 7.02. The topological polar surface area (TPSA) is 49.5 Å². The van der Waals surface area contributed by atoms with Crippen molar-refractivity contribution in [1.82, 2.24) is 0 Å². The minimum Gasteiger partial charge on any atom is -0.397 e. The molecule has 1 unspecified atom stereocenters. The fourth-order valence-corrected chi connectivity index (χ4v) is 2.47. The normalized spacial score (nSPS) is 20.4. The van der Waals surface area contributed by atoms with Crippen molar-refractivity contribution >= 4 is 27.3 Å². The number of benzene rings is 1. The third-order valence-electron chi connectivity index (χ3n) is 2.97. The lowest BCUT2D eigenvalue weighted by Crippen LogP contribution is -2.32. The van der Waals surface area contributed by atoms with Gasteiger partial charge in [0, 0.05) is 12.6 Å². The van der Waals surface area contributed by atoms with Crippen LogP contribution in [0.15, 0.2) is 16.6 Å². The SMILES string of the molecule is Nc1cc(F)c(Br)cc1N1CCCC1CO. The monoisotopic (exact) mass is 288 g/mol. The van der Waals surface area contributed by atoms with Gasteiger partial charge in [0.05, 0.1) is 28.5 Å². The van der Waals surface area contributed by atoms with Gasteiger partial charge in [-0.15, -0.1) is 0 Å². The molecule has 0 aliphatic carbocycles. The van der Waals surface area contributed by atoms with E-state index in [1.165, 1.54) is 6.07 Å². The molecule has 1 fully saturated rings. The Bertz CT molecular complexity index is 400. The summed E-state index contributed by atoms with van der Waals surface area (Å²) in [7, 11) is 0. The minimum absolute atomic E-state index is 0.0969. The molecule has 1 aliphatic rings. The van der Waals surface area contributed by atoms with E-state index in [1.54, 1.807) is 6.07 Å². The molecule has 88 valence electrons. The highest BCUT2D eigenvalue weighted by molar-refractivity contribution is 9.10. The van der Waals surface area contributed by atoms with Crippen molar-refractivity contribution < 1.29 is 9.50 Å². The van der Waals surface area contributed by atoms with E-state index < -0.39 is 0 Å². The van der Waals surface area contributed by atoms with Gasteiger partial charge in [-0.3, -0.25) is 0 Å². The number of anilines is 2.